The number of aromatic nitrogens is 1. The van der Waals surface area contributed by atoms with Crippen molar-refractivity contribution in [3.05, 3.63) is 77.8 Å². The second-order valence-electron chi connectivity index (χ2n) is 7.59. The number of amides is 1. The number of carbonyl (C=O) groups excluding carboxylic acids is 1. The van der Waals surface area contributed by atoms with E-state index in [2.05, 4.69) is 4.98 Å². The van der Waals surface area contributed by atoms with Gasteiger partial charge in [-0.15, -0.1) is 0 Å². The predicted molar refractivity (Wildman–Crippen MR) is 113 cm³/mol. The molecule has 1 aliphatic heterocycles. The maximum atomic E-state index is 13.7. The molecule has 162 valence electrons. The Morgan fingerprint density at radius 2 is 2.13 bits per heavy atom. The average Bonchev–Trinajstić information content (AvgIpc) is 3.27. The van der Waals surface area contributed by atoms with Crippen molar-refractivity contribution in [3.8, 4) is 11.5 Å². The van der Waals surface area contributed by atoms with Gasteiger partial charge in [0.05, 0.1) is 19.2 Å². The van der Waals surface area contributed by atoms with Crippen LogP contribution in [0, 0.1) is 5.82 Å². The highest BCUT2D eigenvalue weighted by Gasteiger charge is 2.28. The molecule has 1 fully saturated rings. The minimum absolute atomic E-state index is 0.0326. The lowest BCUT2D eigenvalue weighted by Gasteiger charge is -2.31. The van der Waals surface area contributed by atoms with E-state index in [9.17, 15) is 9.18 Å². The summed E-state index contributed by atoms with van der Waals surface area (Å²) in [7, 11) is 1.64. The third-order valence-corrected chi connectivity index (χ3v) is 5.40. The minimum atomic E-state index is -0.477. The largest absolute Gasteiger partial charge is 0.497 e. The molecule has 31 heavy (non-hydrogen) atoms. The molecular weight excluding hydrogens is 399 g/mol. The summed E-state index contributed by atoms with van der Waals surface area (Å²) in [6, 6.07) is 13.9. The fraction of sp³-hybridized carbons (Fsp3) is 0.333. The lowest BCUT2D eigenvalue weighted by Crippen LogP contribution is -2.41. The van der Waals surface area contributed by atoms with Gasteiger partial charge in [0.15, 0.2) is 24.1 Å². The molecule has 1 aliphatic rings. The molecule has 0 saturated carbocycles. The summed E-state index contributed by atoms with van der Waals surface area (Å²) in [4.78, 5) is 18.8. The summed E-state index contributed by atoms with van der Waals surface area (Å²) in [5, 5.41) is 0. The summed E-state index contributed by atoms with van der Waals surface area (Å²) < 4.78 is 30.3. The molecule has 0 radical (unpaired) electrons. The Kier molecular flexibility index (Phi) is 6.50. The molecule has 7 heteroatoms. The molecule has 1 atom stereocenters. The SMILES string of the molecule is COc1cccc(Cc2cnc([C@@H]3CCCN(C(=O)COc4ccccc4F)C3)o2)c1. The standard InChI is InChI=1S/C24H25FN2O4/c1-29-19-8-4-6-17(12-19)13-20-14-26-24(31-20)18-7-5-11-27(15-18)23(28)16-30-22-10-3-2-9-21(22)25/h2-4,6,8-10,12,14,18H,5,7,11,13,15-16H2,1H3/t18-/m1/s1. The van der Waals surface area contributed by atoms with E-state index >= 15 is 0 Å². The number of ether oxygens (including phenoxy) is 2. The van der Waals surface area contributed by atoms with Crippen LogP contribution in [0.3, 0.4) is 0 Å². The van der Waals surface area contributed by atoms with E-state index in [-0.39, 0.29) is 24.2 Å². The van der Waals surface area contributed by atoms with E-state index in [1.54, 1.807) is 30.3 Å². The van der Waals surface area contributed by atoms with Gasteiger partial charge in [-0.25, -0.2) is 9.37 Å². The van der Waals surface area contributed by atoms with Crippen molar-refractivity contribution in [2.24, 2.45) is 0 Å². The number of piperidine rings is 1. The number of likely N-dealkylation sites (tertiary alicyclic amines) is 1. The fourth-order valence-electron chi connectivity index (χ4n) is 3.77. The van der Waals surface area contributed by atoms with Crippen molar-refractivity contribution in [3.63, 3.8) is 0 Å². The average molecular weight is 424 g/mol. The number of para-hydroxylation sites is 1. The van der Waals surface area contributed by atoms with Crippen molar-refractivity contribution >= 4 is 5.91 Å². The second kappa shape index (κ2) is 9.64. The number of carbonyl (C=O) groups is 1. The Morgan fingerprint density at radius 1 is 1.26 bits per heavy atom. The molecule has 0 unspecified atom stereocenters. The van der Waals surface area contributed by atoms with Crippen molar-refractivity contribution in [2.75, 3.05) is 26.8 Å². The summed E-state index contributed by atoms with van der Waals surface area (Å²) in [5.74, 6) is 1.69. The molecule has 6 nitrogen and oxygen atoms in total. The zero-order valence-electron chi connectivity index (χ0n) is 17.4. The third-order valence-electron chi connectivity index (χ3n) is 5.40. The quantitative estimate of drug-likeness (QED) is 0.569. The first kappa shape index (κ1) is 20.9. The third kappa shape index (κ3) is 5.23. The van der Waals surface area contributed by atoms with Gasteiger partial charge in [-0.1, -0.05) is 24.3 Å². The summed E-state index contributed by atoms with van der Waals surface area (Å²) in [6.07, 6.45) is 4.12. The molecule has 0 bridgehead atoms. The Bertz CT molecular complexity index is 1040. The van der Waals surface area contributed by atoms with Gasteiger partial charge in [-0.3, -0.25) is 4.79 Å². The van der Waals surface area contributed by atoms with Crippen LogP contribution >= 0.6 is 0 Å². The van der Waals surface area contributed by atoms with E-state index < -0.39 is 5.82 Å². The number of hydrogen-bond donors (Lipinski definition) is 0. The molecule has 0 N–H and O–H groups in total. The van der Waals surface area contributed by atoms with Crippen molar-refractivity contribution in [1.29, 1.82) is 0 Å². The minimum Gasteiger partial charge on any atom is -0.497 e. The molecule has 3 aromatic rings. The van der Waals surface area contributed by atoms with Crippen LogP contribution in [0.1, 0.15) is 36.0 Å². The molecule has 1 amide bonds. The van der Waals surface area contributed by atoms with E-state index in [0.717, 1.165) is 29.9 Å². The second-order valence-corrected chi connectivity index (χ2v) is 7.59. The van der Waals surface area contributed by atoms with Gasteiger partial charge in [0.25, 0.3) is 5.91 Å². The zero-order chi connectivity index (χ0) is 21.6. The summed E-state index contributed by atoms with van der Waals surface area (Å²) in [5.41, 5.74) is 1.08. The maximum Gasteiger partial charge on any atom is 0.260 e. The topological polar surface area (TPSA) is 64.8 Å². The van der Waals surface area contributed by atoms with Crippen molar-refractivity contribution < 1.29 is 23.1 Å². The molecular formula is C24H25FN2O4. The van der Waals surface area contributed by atoms with Crippen molar-refractivity contribution in [1.82, 2.24) is 9.88 Å². The maximum absolute atomic E-state index is 13.7. The van der Waals surface area contributed by atoms with Gasteiger partial charge in [0.2, 0.25) is 0 Å². The molecule has 0 spiro atoms. The van der Waals surface area contributed by atoms with E-state index in [4.69, 9.17) is 13.9 Å². The summed E-state index contributed by atoms with van der Waals surface area (Å²) >= 11 is 0. The number of rotatable bonds is 7. The van der Waals surface area contributed by atoms with Gasteiger partial charge in [0, 0.05) is 19.5 Å². The van der Waals surface area contributed by atoms with Gasteiger partial charge < -0.3 is 18.8 Å². The highest BCUT2D eigenvalue weighted by Crippen LogP contribution is 2.28. The molecule has 0 aliphatic carbocycles. The van der Waals surface area contributed by atoms with E-state index in [0.29, 0.717) is 25.4 Å². The number of hydrogen-bond acceptors (Lipinski definition) is 5. The fourth-order valence-corrected chi connectivity index (χ4v) is 3.77. The van der Waals surface area contributed by atoms with Gasteiger partial charge in [-0.2, -0.15) is 0 Å². The van der Waals surface area contributed by atoms with Crippen LogP contribution in [0.5, 0.6) is 11.5 Å². The molecule has 4 rings (SSSR count). The van der Waals surface area contributed by atoms with Crippen LogP contribution in [0.25, 0.3) is 0 Å². The molecule has 2 heterocycles. The molecule has 2 aromatic carbocycles. The number of nitrogens with zero attached hydrogens (tertiary/aromatic N) is 2. The smallest absolute Gasteiger partial charge is 0.260 e. The first-order valence-electron chi connectivity index (χ1n) is 10.3. The van der Waals surface area contributed by atoms with Crippen molar-refractivity contribution in [2.45, 2.75) is 25.2 Å². The van der Waals surface area contributed by atoms with Crippen LogP contribution in [0.4, 0.5) is 4.39 Å². The first-order chi connectivity index (χ1) is 15.1. The molecule has 1 saturated heterocycles. The predicted octanol–water partition coefficient (Wildman–Crippen LogP) is 4.20. The molecule has 1 aromatic heterocycles. The van der Waals surface area contributed by atoms with Gasteiger partial charge in [0.1, 0.15) is 11.5 Å². The Labute approximate surface area is 180 Å². The lowest BCUT2D eigenvalue weighted by molar-refractivity contribution is -0.134. The van der Waals surface area contributed by atoms with Crippen LogP contribution in [-0.2, 0) is 11.2 Å². The van der Waals surface area contributed by atoms with Gasteiger partial charge in [-0.05, 0) is 42.7 Å². The Balaban J connectivity index is 1.35. The van der Waals surface area contributed by atoms with Crippen LogP contribution < -0.4 is 9.47 Å². The number of halogens is 1. The first-order valence-corrected chi connectivity index (χ1v) is 10.3. The van der Waals surface area contributed by atoms with Crippen LogP contribution in [0.15, 0.2) is 59.1 Å². The number of benzene rings is 2. The monoisotopic (exact) mass is 424 g/mol. The number of oxazole rings is 1. The van der Waals surface area contributed by atoms with E-state index in [1.165, 1.54) is 12.1 Å². The summed E-state index contributed by atoms with van der Waals surface area (Å²) in [6.45, 7) is 0.965. The van der Waals surface area contributed by atoms with E-state index in [1.807, 2.05) is 24.3 Å². The number of methoxy groups -OCH3 is 1. The normalized spacial score (nSPS) is 16.2. The van der Waals surface area contributed by atoms with Gasteiger partial charge >= 0.3 is 0 Å². The highest BCUT2D eigenvalue weighted by atomic mass is 19.1. The Hall–Kier alpha value is -3.35. The Morgan fingerprint density at radius 3 is 2.97 bits per heavy atom. The lowest BCUT2D eigenvalue weighted by atomic mass is 9.98. The van der Waals surface area contributed by atoms with Crippen LogP contribution in [0.2, 0.25) is 0 Å². The highest BCUT2D eigenvalue weighted by molar-refractivity contribution is 5.78. The zero-order valence-corrected chi connectivity index (χ0v) is 17.4. The van der Waals surface area contributed by atoms with Crippen LogP contribution in [-0.4, -0.2) is 42.6 Å².